The van der Waals surface area contributed by atoms with Gasteiger partial charge in [-0.2, -0.15) is 0 Å². The molecular formula is C30H38ClN5OS. The lowest BCUT2D eigenvalue weighted by molar-refractivity contribution is 0.0746. The van der Waals surface area contributed by atoms with Gasteiger partial charge in [0.15, 0.2) is 0 Å². The predicted octanol–water partition coefficient (Wildman–Crippen LogP) is 7.12. The first kappa shape index (κ1) is 28.4. The number of hydrogen-bond acceptors (Lipinski definition) is 6. The van der Waals surface area contributed by atoms with Gasteiger partial charge in [0.25, 0.3) is 5.91 Å². The number of aryl methyl sites for hydroxylation is 2. The fourth-order valence-electron chi connectivity index (χ4n) is 4.87. The number of aromatic nitrogens is 2. The van der Waals surface area contributed by atoms with Crippen molar-refractivity contribution in [1.29, 1.82) is 0 Å². The van der Waals surface area contributed by atoms with Crippen molar-refractivity contribution in [3.05, 3.63) is 70.4 Å². The smallest absolute Gasteiger partial charge is 0.253 e. The van der Waals surface area contributed by atoms with Crippen molar-refractivity contribution >= 4 is 35.4 Å². The standard InChI is InChI=1S/C30H38ClN5OS/c1-20-10-7-11-21(2)27(20)25-19-26(31)33-29(32-25)34-38-24-13-8-12-23(18-24)28(37)36-15-9-14-35(16-17-36)22(3)30(4,5)6/h7-8,10-13,18-19,22H,9,14-17H2,1-6H3,(H,32,33,34). The quantitative estimate of drug-likeness (QED) is 0.260. The number of hydrogen-bond donors (Lipinski definition) is 1. The van der Waals surface area contributed by atoms with E-state index in [4.69, 9.17) is 16.6 Å². The molecule has 6 nitrogen and oxygen atoms in total. The Kier molecular flexibility index (Phi) is 9.01. The van der Waals surface area contributed by atoms with Crippen LogP contribution in [0.15, 0.2) is 53.4 Å². The lowest BCUT2D eigenvalue weighted by atomic mass is 9.87. The van der Waals surface area contributed by atoms with Crippen LogP contribution in [-0.4, -0.2) is 57.9 Å². The molecule has 1 amide bonds. The lowest BCUT2D eigenvalue weighted by Gasteiger charge is -2.37. The van der Waals surface area contributed by atoms with Crippen LogP contribution in [0.2, 0.25) is 5.15 Å². The molecule has 0 bridgehead atoms. The number of benzene rings is 2. The van der Waals surface area contributed by atoms with Gasteiger partial charge in [0.05, 0.1) is 5.69 Å². The number of amides is 1. The summed E-state index contributed by atoms with van der Waals surface area (Å²) in [6.07, 6.45) is 0.983. The van der Waals surface area contributed by atoms with Crippen molar-refractivity contribution in [2.24, 2.45) is 5.41 Å². The van der Waals surface area contributed by atoms with Crippen LogP contribution >= 0.6 is 23.5 Å². The highest BCUT2D eigenvalue weighted by molar-refractivity contribution is 8.00. The zero-order chi connectivity index (χ0) is 27.4. The van der Waals surface area contributed by atoms with E-state index in [2.05, 4.69) is 68.3 Å². The molecule has 1 unspecified atom stereocenters. The summed E-state index contributed by atoms with van der Waals surface area (Å²) in [5, 5.41) is 0.376. The summed E-state index contributed by atoms with van der Waals surface area (Å²) in [6, 6.07) is 16.1. The van der Waals surface area contributed by atoms with Crippen molar-refractivity contribution in [2.45, 2.75) is 58.9 Å². The topological polar surface area (TPSA) is 61.4 Å². The van der Waals surface area contributed by atoms with Gasteiger partial charge in [0, 0.05) is 54.3 Å². The molecule has 0 radical (unpaired) electrons. The van der Waals surface area contributed by atoms with E-state index in [-0.39, 0.29) is 11.3 Å². The van der Waals surface area contributed by atoms with E-state index in [0.29, 0.717) is 22.7 Å². The average molecular weight is 552 g/mol. The Morgan fingerprint density at radius 3 is 2.42 bits per heavy atom. The number of halogens is 1. The third kappa shape index (κ3) is 6.87. The van der Waals surface area contributed by atoms with Crippen molar-refractivity contribution in [3.8, 4) is 11.3 Å². The Labute approximate surface area is 236 Å². The van der Waals surface area contributed by atoms with Gasteiger partial charge in [-0.25, -0.2) is 9.97 Å². The summed E-state index contributed by atoms with van der Waals surface area (Å²) in [5.74, 6) is 0.506. The zero-order valence-corrected chi connectivity index (χ0v) is 24.8. The zero-order valence-electron chi connectivity index (χ0n) is 23.2. The van der Waals surface area contributed by atoms with Crippen molar-refractivity contribution in [1.82, 2.24) is 19.8 Å². The van der Waals surface area contributed by atoms with Crippen LogP contribution in [0.25, 0.3) is 11.3 Å². The number of nitrogens with one attached hydrogen (secondary N) is 1. The maximum Gasteiger partial charge on any atom is 0.253 e. The molecule has 4 rings (SSSR count). The molecule has 1 atom stereocenters. The van der Waals surface area contributed by atoms with Crippen LogP contribution in [0.1, 0.15) is 55.6 Å². The average Bonchev–Trinajstić information content (AvgIpc) is 3.12. The SMILES string of the molecule is Cc1cccc(C)c1-c1cc(Cl)nc(NSc2cccc(C(=O)N3CCCN(C(C)C(C)(C)C)CC3)c2)n1. The molecule has 38 heavy (non-hydrogen) atoms. The maximum absolute atomic E-state index is 13.4. The molecule has 1 fully saturated rings. The normalized spacial score (nSPS) is 15.7. The highest BCUT2D eigenvalue weighted by Gasteiger charge is 2.29. The summed E-state index contributed by atoms with van der Waals surface area (Å²) < 4.78 is 3.22. The summed E-state index contributed by atoms with van der Waals surface area (Å²) in [6.45, 7) is 16.7. The third-order valence-corrected chi connectivity index (χ3v) is 8.36. The monoisotopic (exact) mass is 551 g/mol. The fourth-order valence-corrected chi connectivity index (χ4v) is 5.68. The van der Waals surface area contributed by atoms with Crippen molar-refractivity contribution < 1.29 is 4.79 Å². The van der Waals surface area contributed by atoms with E-state index in [1.54, 1.807) is 6.07 Å². The molecule has 2 aromatic carbocycles. The number of carbonyl (C=O) groups is 1. The van der Waals surface area contributed by atoms with Crippen LogP contribution in [0.3, 0.4) is 0 Å². The number of nitrogens with zero attached hydrogens (tertiary/aromatic N) is 4. The molecule has 8 heteroatoms. The Balaban J connectivity index is 1.44. The Bertz CT molecular complexity index is 1270. The molecule has 1 aliphatic rings. The molecule has 202 valence electrons. The van der Waals surface area contributed by atoms with E-state index in [0.717, 1.165) is 59.9 Å². The van der Waals surface area contributed by atoms with E-state index in [1.807, 2.05) is 35.2 Å². The number of anilines is 1. The van der Waals surface area contributed by atoms with Gasteiger partial charge in [-0.1, -0.05) is 56.6 Å². The molecular weight excluding hydrogens is 514 g/mol. The first-order valence-electron chi connectivity index (χ1n) is 13.2. The van der Waals surface area contributed by atoms with Crippen LogP contribution in [0.4, 0.5) is 5.95 Å². The molecule has 1 saturated heterocycles. The Hall–Kier alpha value is -2.61. The molecule has 0 saturated carbocycles. The minimum absolute atomic E-state index is 0.0778. The van der Waals surface area contributed by atoms with Crippen LogP contribution in [0.5, 0.6) is 0 Å². The Morgan fingerprint density at radius 1 is 1.00 bits per heavy atom. The highest BCUT2D eigenvalue weighted by Crippen LogP contribution is 2.30. The van der Waals surface area contributed by atoms with E-state index >= 15 is 0 Å². The lowest BCUT2D eigenvalue weighted by Crippen LogP contribution is -2.44. The summed E-state index contributed by atoms with van der Waals surface area (Å²) in [7, 11) is 0. The van der Waals surface area contributed by atoms with Crippen LogP contribution in [0, 0.1) is 19.3 Å². The minimum Gasteiger partial charge on any atom is -0.337 e. The van der Waals surface area contributed by atoms with Gasteiger partial charge in [0.2, 0.25) is 5.95 Å². The minimum atomic E-state index is 0.0778. The van der Waals surface area contributed by atoms with Gasteiger partial charge in [-0.05, 0) is 73.9 Å². The second-order valence-electron chi connectivity index (χ2n) is 11.1. The molecule has 2 heterocycles. The molecule has 0 aliphatic carbocycles. The van der Waals surface area contributed by atoms with Gasteiger partial charge >= 0.3 is 0 Å². The second kappa shape index (κ2) is 12.1. The molecule has 1 aliphatic heterocycles. The van der Waals surface area contributed by atoms with Gasteiger partial charge < -0.3 is 4.90 Å². The maximum atomic E-state index is 13.4. The summed E-state index contributed by atoms with van der Waals surface area (Å²) >= 11 is 7.72. The first-order valence-corrected chi connectivity index (χ1v) is 14.4. The van der Waals surface area contributed by atoms with E-state index in [1.165, 1.54) is 11.9 Å². The summed E-state index contributed by atoms with van der Waals surface area (Å²) in [4.78, 5) is 27.9. The molecule has 3 aromatic rings. The van der Waals surface area contributed by atoms with Gasteiger partial charge in [-0.3, -0.25) is 14.4 Å². The van der Waals surface area contributed by atoms with E-state index in [9.17, 15) is 4.79 Å². The van der Waals surface area contributed by atoms with Crippen molar-refractivity contribution in [3.63, 3.8) is 0 Å². The van der Waals surface area contributed by atoms with Gasteiger partial charge in [0.1, 0.15) is 5.15 Å². The third-order valence-electron chi connectivity index (χ3n) is 7.39. The fraction of sp³-hybridized carbons (Fsp3) is 0.433. The predicted molar refractivity (Wildman–Crippen MR) is 159 cm³/mol. The Morgan fingerprint density at radius 2 is 1.71 bits per heavy atom. The van der Waals surface area contributed by atoms with E-state index < -0.39 is 0 Å². The molecule has 0 spiro atoms. The highest BCUT2D eigenvalue weighted by atomic mass is 35.5. The number of rotatable bonds is 6. The van der Waals surface area contributed by atoms with Crippen LogP contribution in [-0.2, 0) is 0 Å². The van der Waals surface area contributed by atoms with Crippen LogP contribution < -0.4 is 4.72 Å². The first-order chi connectivity index (χ1) is 18.0. The number of carbonyl (C=O) groups excluding carboxylic acids is 1. The molecule has 1 N–H and O–H groups in total. The second-order valence-corrected chi connectivity index (χ2v) is 12.4. The largest absolute Gasteiger partial charge is 0.337 e. The molecule has 1 aromatic heterocycles. The van der Waals surface area contributed by atoms with Gasteiger partial charge in [-0.15, -0.1) is 0 Å². The summed E-state index contributed by atoms with van der Waals surface area (Å²) in [5.41, 5.74) is 5.01. The van der Waals surface area contributed by atoms with Crippen molar-refractivity contribution in [2.75, 3.05) is 30.9 Å².